The number of hydrogen-bond acceptors (Lipinski definition) is 4. The van der Waals surface area contributed by atoms with Crippen LogP contribution in [0.3, 0.4) is 0 Å². The van der Waals surface area contributed by atoms with Crippen LogP contribution in [-0.2, 0) is 30.6 Å². The van der Waals surface area contributed by atoms with Gasteiger partial charge in [-0.2, -0.15) is 0 Å². The Kier molecular flexibility index (Phi) is 7.61. The number of aryl methyl sites for hydroxylation is 3. The molecule has 0 spiro atoms. The number of H-pyrrole nitrogens is 1. The number of nitrogens with one attached hydrogen (secondary N) is 2. The van der Waals surface area contributed by atoms with Crippen LogP contribution in [0, 0.1) is 6.92 Å². The lowest BCUT2D eigenvalue weighted by Crippen LogP contribution is -2.50. The second-order valence-corrected chi connectivity index (χ2v) is 10.8. The molecule has 0 saturated heterocycles. The second kappa shape index (κ2) is 11.3. The van der Waals surface area contributed by atoms with E-state index in [9.17, 15) is 4.79 Å². The van der Waals surface area contributed by atoms with Gasteiger partial charge in [-0.15, -0.1) is 10.2 Å². The normalized spacial score (nSPS) is 12.5. The Morgan fingerprint density at radius 2 is 1.67 bits per heavy atom. The van der Waals surface area contributed by atoms with E-state index >= 15 is 0 Å². The first-order chi connectivity index (χ1) is 18.8. The zero-order valence-corrected chi connectivity index (χ0v) is 22.8. The van der Waals surface area contributed by atoms with Gasteiger partial charge in [0.15, 0.2) is 5.82 Å². The number of benzene rings is 3. The summed E-state index contributed by atoms with van der Waals surface area (Å²) in [4.78, 5) is 16.5. The molecular weight excluding hydrogens is 484 g/mol. The Hall–Kier alpha value is -4.23. The topological polar surface area (TPSA) is 102 Å². The Morgan fingerprint density at radius 1 is 0.949 bits per heavy atom. The number of nitrogens with two attached hydrogens (primary N) is 1. The Balaban J connectivity index is 1.53. The number of carbonyl (C=O) groups excluding carboxylic acids is 1. The lowest BCUT2D eigenvalue weighted by molar-refractivity contribution is -0.126. The molecule has 2 aromatic heterocycles. The maximum Gasteiger partial charge on any atom is 0.240 e. The van der Waals surface area contributed by atoms with Crippen molar-refractivity contribution in [3.63, 3.8) is 0 Å². The van der Waals surface area contributed by atoms with Gasteiger partial charge in [0.2, 0.25) is 5.91 Å². The lowest BCUT2D eigenvalue weighted by Gasteiger charge is -2.25. The first kappa shape index (κ1) is 26.4. The van der Waals surface area contributed by atoms with Gasteiger partial charge in [0, 0.05) is 29.9 Å². The average Bonchev–Trinajstić information content (AvgIpc) is 3.52. The smallest absolute Gasteiger partial charge is 0.240 e. The fraction of sp³-hybridized carbons (Fsp3) is 0.281. The quantitative estimate of drug-likeness (QED) is 0.240. The van der Waals surface area contributed by atoms with Crippen molar-refractivity contribution in [3.05, 3.63) is 119 Å². The van der Waals surface area contributed by atoms with Crippen LogP contribution in [0.1, 0.15) is 53.8 Å². The SMILES string of the molecule is Cc1ccc(Cn2c(CCc3ccccc3)nnc2C(Cc2c[nH]c3ccccc23)NC(=O)C(C)(C)N)cc1. The fourth-order valence-corrected chi connectivity index (χ4v) is 4.81. The number of amides is 1. The number of rotatable bonds is 10. The van der Waals surface area contributed by atoms with E-state index in [2.05, 4.69) is 92.7 Å². The van der Waals surface area contributed by atoms with E-state index in [1.807, 2.05) is 24.4 Å². The molecule has 0 radical (unpaired) electrons. The summed E-state index contributed by atoms with van der Waals surface area (Å²) in [7, 11) is 0. The molecule has 0 aliphatic rings. The molecule has 0 aliphatic heterocycles. The van der Waals surface area contributed by atoms with E-state index in [4.69, 9.17) is 5.73 Å². The molecular formula is C32H36N6O. The van der Waals surface area contributed by atoms with Crippen LogP contribution in [-0.4, -0.2) is 31.2 Å². The van der Waals surface area contributed by atoms with Gasteiger partial charge in [-0.25, -0.2) is 0 Å². The van der Waals surface area contributed by atoms with E-state index in [0.29, 0.717) is 13.0 Å². The molecule has 1 amide bonds. The molecule has 1 unspecified atom stereocenters. The molecule has 2 heterocycles. The van der Waals surface area contributed by atoms with E-state index in [0.717, 1.165) is 46.5 Å². The summed E-state index contributed by atoms with van der Waals surface area (Å²) in [5.74, 6) is 1.38. The number of para-hydroxylation sites is 1. The van der Waals surface area contributed by atoms with E-state index in [-0.39, 0.29) is 5.91 Å². The summed E-state index contributed by atoms with van der Waals surface area (Å²) in [6.07, 6.45) is 4.14. The molecule has 39 heavy (non-hydrogen) atoms. The van der Waals surface area contributed by atoms with Gasteiger partial charge in [0.1, 0.15) is 5.82 Å². The zero-order valence-electron chi connectivity index (χ0n) is 22.8. The summed E-state index contributed by atoms with van der Waals surface area (Å²) in [5, 5.41) is 13.7. The predicted molar refractivity (Wildman–Crippen MR) is 155 cm³/mol. The van der Waals surface area contributed by atoms with Crippen molar-refractivity contribution in [1.29, 1.82) is 0 Å². The van der Waals surface area contributed by atoms with Crippen molar-refractivity contribution in [3.8, 4) is 0 Å². The zero-order chi connectivity index (χ0) is 27.4. The van der Waals surface area contributed by atoms with Gasteiger partial charge in [-0.3, -0.25) is 4.79 Å². The number of hydrogen-bond donors (Lipinski definition) is 3. The van der Waals surface area contributed by atoms with Crippen LogP contribution < -0.4 is 11.1 Å². The molecule has 5 rings (SSSR count). The van der Waals surface area contributed by atoms with Crippen molar-refractivity contribution in [1.82, 2.24) is 25.1 Å². The molecule has 3 aromatic carbocycles. The monoisotopic (exact) mass is 520 g/mol. The summed E-state index contributed by atoms with van der Waals surface area (Å²) >= 11 is 0. The van der Waals surface area contributed by atoms with Gasteiger partial charge in [-0.1, -0.05) is 78.4 Å². The summed E-state index contributed by atoms with van der Waals surface area (Å²) in [5.41, 5.74) is 10.9. The number of nitrogens with zero attached hydrogens (tertiary/aromatic N) is 3. The average molecular weight is 521 g/mol. The highest BCUT2D eigenvalue weighted by Crippen LogP contribution is 2.26. The van der Waals surface area contributed by atoms with E-state index in [1.54, 1.807) is 13.8 Å². The molecule has 1 atom stereocenters. The van der Waals surface area contributed by atoms with Crippen LogP contribution in [0.2, 0.25) is 0 Å². The second-order valence-electron chi connectivity index (χ2n) is 10.8. The fourth-order valence-electron chi connectivity index (χ4n) is 4.81. The van der Waals surface area contributed by atoms with Gasteiger partial charge >= 0.3 is 0 Å². The molecule has 200 valence electrons. The molecule has 0 bridgehead atoms. The van der Waals surface area contributed by atoms with Gasteiger partial charge in [0.25, 0.3) is 0 Å². The number of carbonyl (C=O) groups is 1. The molecule has 4 N–H and O–H groups in total. The van der Waals surface area contributed by atoms with Gasteiger partial charge in [0.05, 0.1) is 18.1 Å². The van der Waals surface area contributed by atoms with Crippen LogP contribution in [0.15, 0.2) is 85.1 Å². The maximum absolute atomic E-state index is 13.2. The minimum absolute atomic E-state index is 0.233. The number of aromatic amines is 1. The molecule has 7 heteroatoms. The van der Waals surface area contributed by atoms with Crippen LogP contribution in [0.25, 0.3) is 10.9 Å². The predicted octanol–water partition coefficient (Wildman–Crippen LogP) is 5.04. The van der Waals surface area contributed by atoms with Crippen molar-refractivity contribution in [2.75, 3.05) is 0 Å². The molecule has 0 saturated carbocycles. The lowest BCUT2D eigenvalue weighted by atomic mass is 10.0. The van der Waals surface area contributed by atoms with Crippen molar-refractivity contribution in [2.45, 2.75) is 58.2 Å². The summed E-state index contributed by atoms with van der Waals surface area (Å²) < 4.78 is 2.16. The molecule has 7 nitrogen and oxygen atoms in total. The highest BCUT2D eigenvalue weighted by atomic mass is 16.2. The van der Waals surface area contributed by atoms with Crippen molar-refractivity contribution in [2.24, 2.45) is 5.73 Å². The Bertz CT molecular complexity index is 1540. The third-order valence-electron chi connectivity index (χ3n) is 7.10. The summed E-state index contributed by atoms with van der Waals surface area (Å²) in [6, 6.07) is 26.7. The van der Waals surface area contributed by atoms with Crippen molar-refractivity contribution >= 4 is 16.8 Å². The number of aromatic nitrogens is 4. The molecule has 0 fully saturated rings. The molecule has 0 aliphatic carbocycles. The third-order valence-corrected chi connectivity index (χ3v) is 7.10. The third kappa shape index (κ3) is 6.26. The highest BCUT2D eigenvalue weighted by molar-refractivity contribution is 5.86. The first-order valence-electron chi connectivity index (χ1n) is 13.4. The first-order valence-corrected chi connectivity index (χ1v) is 13.4. The van der Waals surface area contributed by atoms with E-state index in [1.165, 1.54) is 11.1 Å². The number of fused-ring (bicyclic) bond motifs is 1. The largest absolute Gasteiger partial charge is 0.361 e. The summed E-state index contributed by atoms with van der Waals surface area (Å²) in [6.45, 7) is 6.13. The van der Waals surface area contributed by atoms with Crippen LogP contribution in [0.4, 0.5) is 0 Å². The highest BCUT2D eigenvalue weighted by Gasteiger charge is 2.29. The minimum Gasteiger partial charge on any atom is -0.361 e. The van der Waals surface area contributed by atoms with Gasteiger partial charge in [-0.05, 0) is 49.9 Å². The van der Waals surface area contributed by atoms with Crippen LogP contribution in [0.5, 0.6) is 0 Å². The van der Waals surface area contributed by atoms with Crippen LogP contribution >= 0.6 is 0 Å². The van der Waals surface area contributed by atoms with Gasteiger partial charge < -0.3 is 20.6 Å². The Labute approximate surface area is 229 Å². The standard InChI is InChI=1S/C32H36N6O/c1-22-13-15-24(16-14-22)21-38-29(18-17-23-9-5-4-6-10-23)36-37-30(38)28(35-31(39)32(2,3)33)19-25-20-34-27-12-8-7-11-26(25)27/h4-16,20,28,34H,17-19,21,33H2,1-3H3,(H,35,39). The Morgan fingerprint density at radius 3 is 2.41 bits per heavy atom. The maximum atomic E-state index is 13.2. The van der Waals surface area contributed by atoms with Crippen molar-refractivity contribution < 1.29 is 4.79 Å². The van der Waals surface area contributed by atoms with E-state index < -0.39 is 11.6 Å². The minimum atomic E-state index is -1.03. The molecule has 5 aromatic rings.